The van der Waals surface area contributed by atoms with Gasteiger partial charge >= 0.3 is 5.97 Å². The monoisotopic (exact) mass is 225 g/mol. The van der Waals surface area contributed by atoms with Crippen molar-refractivity contribution < 1.29 is 18.7 Å². The van der Waals surface area contributed by atoms with Crippen molar-refractivity contribution in [2.24, 2.45) is 0 Å². The largest absolute Gasteiger partial charge is 0.469 e. The highest BCUT2D eigenvalue weighted by molar-refractivity contribution is 6.01. The third-order valence-electron chi connectivity index (χ3n) is 2.10. The number of nitrogens with two attached hydrogens (primary N) is 1. The Morgan fingerprint density at radius 3 is 2.69 bits per heavy atom. The molecular formula is C11H12FNO3. The maximum atomic E-state index is 12.9. The smallest absolute Gasteiger partial charge is 0.305 e. The second-order valence-corrected chi connectivity index (χ2v) is 3.23. The van der Waals surface area contributed by atoms with Gasteiger partial charge in [0.15, 0.2) is 5.78 Å². The first-order valence-electron chi connectivity index (χ1n) is 4.69. The lowest BCUT2D eigenvalue weighted by Gasteiger charge is -2.04. The summed E-state index contributed by atoms with van der Waals surface area (Å²) in [5.41, 5.74) is 5.83. The minimum absolute atomic E-state index is 0.0364. The average Bonchev–Trinajstić information content (AvgIpc) is 2.28. The quantitative estimate of drug-likeness (QED) is 0.479. The fourth-order valence-corrected chi connectivity index (χ4v) is 1.22. The number of ketones is 1. The summed E-state index contributed by atoms with van der Waals surface area (Å²) in [4.78, 5) is 22.4. The molecule has 4 nitrogen and oxygen atoms in total. The number of rotatable bonds is 4. The summed E-state index contributed by atoms with van der Waals surface area (Å²) in [6, 6.07) is 3.56. The number of nitrogen functional groups attached to an aromatic ring is 1. The first-order valence-corrected chi connectivity index (χ1v) is 4.69. The highest BCUT2D eigenvalue weighted by Gasteiger charge is 2.12. The molecule has 16 heavy (non-hydrogen) atoms. The van der Waals surface area contributed by atoms with E-state index >= 15 is 0 Å². The Hall–Kier alpha value is -1.91. The van der Waals surface area contributed by atoms with Crippen LogP contribution in [0.3, 0.4) is 0 Å². The van der Waals surface area contributed by atoms with Crippen LogP contribution in [-0.2, 0) is 9.53 Å². The summed E-state index contributed by atoms with van der Waals surface area (Å²) < 4.78 is 17.3. The van der Waals surface area contributed by atoms with Crippen LogP contribution in [-0.4, -0.2) is 18.9 Å². The third kappa shape index (κ3) is 3.05. The molecule has 0 spiro atoms. The molecule has 0 aliphatic carbocycles. The number of anilines is 1. The average molecular weight is 225 g/mol. The van der Waals surface area contributed by atoms with Crippen molar-refractivity contribution in [3.8, 4) is 0 Å². The number of carbonyl (C=O) groups is 2. The number of benzene rings is 1. The molecule has 1 rings (SSSR count). The first kappa shape index (κ1) is 12.2. The van der Waals surface area contributed by atoms with Gasteiger partial charge in [0.1, 0.15) is 5.82 Å². The number of esters is 1. The predicted molar refractivity (Wildman–Crippen MR) is 56.4 cm³/mol. The summed E-state index contributed by atoms with van der Waals surface area (Å²) in [7, 11) is 1.24. The molecule has 0 aliphatic rings. The van der Waals surface area contributed by atoms with Crippen molar-refractivity contribution >= 4 is 17.4 Å². The van der Waals surface area contributed by atoms with Crippen LogP contribution in [0.5, 0.6) is 0 Å². The lowest BCUT2D eigenvalue weighted by atomic mass is 10.0. The van der Waals surface area contributed by atoms with Crippen molar-refractivity contribution in [3.05, 3.63) is 29.6 Å². The van der Waals surface area contributed by atoms with Crippen molar-refractivity contribution in [2.45, 2.75) is 12.8 Å². The molecule has 0 fully saturated rings. The molecule has 0 heterocycles. The number of halogens is 1. The van der Waals surface area contributed by atoms with E-state index in [0.717, 1.165) is 6.07 Å². The fourth-order valence-electron chi connectivity index (χ4n) is 1.22. The Morgan fingerprint density at radius 2 is 2.06 bits per heavy atom. The molecule has 1 aromatic rings. The topological polar surface area (TPSA) is 69.4 Å². The SMILES string of the molecule is COC(=O)CCC(=O)c1cc(F)ccc1N. The molecule has 0 saturated heterocycles. The van der Waals surface area contributed by atoms with E-state index < -0.39 is 11.8 Å². The molecule has 0 unspecified atom stereocenters. The van der Waals surface area contributed by atoms with Crippen LogP contribution >= 0.6 is 0 Å². The van der Waals surface area contributed by atoms with Gasteiger partial charge in [-0.05, 0) is 18.2 Å². The van der Waals surface area contributed by atoms with E-state index in [4.69, 9.17) is 5.73 Å². The van der Waals surface area contributed by atoms with E-state index in [-0.39, 0.29) is 29.9 Å². The van der Waals surface area contributed by atoms with E-state index in [0.29, 0.717) is 0 Å². The first-order chi connectivity index (χ1) is 7.54. The summed E-state index contributed by atoms with van der Waals surface area (Å²) in [6.45, 7) is 0. The zero-order valence-electron chi connectivity index (χ0n) is 8.83. The molecule has 0 atom stereocenters. The maximum Gasteiger partial charge on any atom is 0.305 e. The third-order valence-corrected chi connectivity index (χ3v) is 2.10. The number of carbonyl (C=O) groups excluding carboxylic acids is 2. The molecule has 2 N–H and O–H groups in total. The summed E-state index contributed by atoms with van der Waals surface area (Å²) in [5, 5.41) is 0. The summed E-state index contributed by atoms with van der Waals surface area (Å²) in [5.74, 6) is -1.39. The molecule has 0 aromatic heterocycles. The number of methoxy groups -OCH3 is 1. The van der Waals surface area contributed by atoms with Crippen LogP contribution in [0.15, 0.2) is 18.2 Å². The van der Waals surface area contributed by atoms with Crippen molar-refractivity contribution in [3.63, 3.8) is 0 Å². The molecule has 5 heteroatoms. The number of hydrogen-bond acceptors (Lipinski definition) is 4. The van der Waals surface area contributed by atoms with E-state index in [2.05, 4.69) is 4.74 Å². The van der Waals surface area contributed by atoms with Crippen LogP contribution in [0.4, 0.5) is 10.1 Å². The van der Waals surface area contributed by atoms with Gasteiger partial charge in [-0.25, -0.2) is 4.39 Å². The molecule has 86 valence electrons. The van der Waals surface area contributed by atoms with Gasteiger partial charge < -0.3 is 10.5 Å². The van der Waals surface area contributed by atoms with Gasteiger partial charge in [0, 0.05) is 17.7 Å². The van der Waals surface area contributed by atoms with E-state index in [1.54, 1.807) is 0 Å². The van der Waals surface area contributed by atoms with Crippen molar-refractivity contribution in [1.29, 1.82) is 0 Å². The highest BCUT2D eigenvalue weighted by atomic mass is 19.1. The van der Waals surface area contributed by atoms with Gasteiger partial charge in [-0.2, -0.15) is 0 Å². The van der Waals surface area contributed by atoms with Gasteiger partial charge in [0.05, 0.1) is 13.5 Å². The minimum Gasteiger partial charge on any atom is -0.469 e. The minimum atomic E-state index is -0.532. The molecular weight excluding hydrogens is 213 g/mol. The number of ether oxygens (including phenoxy) is 1. The van der Waals surface area contributed by atoms with Crippen LogP contribution < -0.4 is 5.73 Å². The lowest BCUT2D eigenvalue weighted by Crippen LogP contribution is -2.08. The van der Waals surface area contributed by atoms with E-state index in [1.165, 1.54) is 19.2 Å². The number of hydrogen-bond donors (Lipinski definition) is 1. The zero-order chi connectivity index (χ0) is 12.1. The van der Waals surface area contributed by atoms with Gasteiger partial charge in [-0.15, -0.1) is 0 Å². The highest BCUT2D eigenvalue weighted by Crippen LogP contribution is 2.16. The van der Waals surface area contributed by atoms with E-state index in [1.807, 2.05) is 0 Å². The van der Waals surface area contributed by atoms with Crippen LogP contribution in [0.25, 0.3) is 0 Å². The predicted octanol–water partition coefficient (Wildman–Crippen LogP) is 1.54. The van der Waals surface area contributed by atoms with Gasteiger partial charge in [0.25, 0.3) is 0 Å². The van der Waals surface area contributed by atoms with Gasteiger partial charge in [0.2, 0.25) is 0 Å². The van der Waals surface area contributed by atoms with Crippen molar-refractivity contribution in [1.82, 2.24) is 0 Å². The Bertz CT molecular complexity index is 418. The van der Waals surface area contributed by atoms with Crippen LogP contribution in [0.2, 0.25) is 0 Å². The molecule has 1 aromatic carbocycles. The Balaban J connectivity index is 2.73. The Labute approximate surface area is 92.2 Å². The molecule has 0 amide bonds. The van der Waals surface area contributed by atoms with Crippen LogP contribution in [0, 0.1) is 5.82 Å². The van der Waals surface area contributed by atoms with Gasteiger partial charge in [-0.3, -0.25) is 9.59 Å². The fraction of sp³-hybridized carbons (Fsp3) is 0.273. The molecule has 0 bridgehead atoms. The van der Waals surface area contributed by atoms with E-state index in [9.17, 15) is 14.0 Å². The second kappa shape index (κ2) is 5.25. The molecule has 0 saturated carbocycles. The maximum absolute atomic E-state index is 12.9. The molecule has 0 aliphatic heterocycles. The normalized spacial score (nSPS) is 9.88. The number of Topliss-reactive ketones (excluding diaryl/α,β-unsaturated/α-hetero) is 1. The lowest BCUT2D eigenvalue weighted by molar-refractivity contribution is -0.140. The Kier molecular flexibility index (Phi) is 3.99. The molecule has 0 radical (unpaired) electrons. The summed E-state index contributed by atoms with van der Waals surface area (Å²) in [6.07, 6.45) is -0.0778. The van der Waals surface area contributed by atoms with Crippen LogP contribution in [0.1, 0.15) is 23.2 Å². The summed E-state index contributed by atoms with van der Waals surface area (Å²) >= 11 is 0. The van der Waals surface area contributed by atoms with Gasteiger partial charge in [-0.1, -0.05) is 0 Å². The van der Waals surface area contributed by atoms with Crippen molar-refractivity contribution in [2.75, 3.05) is 12.8 Å². The zero-order valence-corrected chi connectivity index (χ0v) is 8.83. The Morgan fingerprint density at radius 1 is 1.38 bits per heavy atom. The second-order valence-electron chi connectivity index (χ2n) is 3.23. The standard InChI is InChI=1S/C11H12FNO3/c1-16-11(15)5-4-10(14)8-6-7(12)2-3-9(8)13/h2-3,6H,4-5,13H2,1H3.